The summed E-state index contributed by atoms with van der Waals surface area (Å²) in [4.78, 5) is 9.18. The summed E-state index contributed by atoms with van der Waals surface area (Å²) in [6, 6.07) is 120. The van der Waals surface area contributed by atoms with Crippen molar-refractivity contribution in [3.63, 3.8) is 0 Å². The smallest absolute Gasteiger partial charge is 0.0488 e. The van der Waals surface area contributed by atoms with E-state index in [-0.39, 0.29) is 0 Å². The molecule has 0 atom stereocenters. The fourth-order valence-electron chi connectivity index (χ4n) is 13.0. The Morgan fingerprint density at radius 3 is 0.989 bits per heavy atom. The molecule has 0 fully saturated rings. The molecule has 0 saturated carbocycles. The zero-order valence-electron chi connectivity index (χ0n) is 50.0. The van der Waals surface area contributed by atoms with Crippen molar-refractivity contribution in [2.24, 2.45) is 0 Å². The van der Waals surface area contributed by atoms with Gasteiger partial charge in [0.25, 0.3) is 0 Å². The number of hydrogen-bond donors (Lipinski definition) is 0. The van der Waals surface area contributed by atoms with Gasteiger partial charge in [-0.15, -0.1) is 0 Å². The van der Waals surface area contributed by atoms with E-state index in [0.29, 0.717) is 0 Å². The Kier molecular flexibility index (Phi) is 14.3. The van der Waals surface area contributed by atoms with E-state index in [9.17, 15) is 0 Å². The van der Waals surface area contributed by atoms with Gasteiger partial charge in [-0.1, -0.05) is 224 Å². The molecule has 0 radical (unpaired) electrons. The van der Waals surface area contributed by atoms with Crippen LogP contribution in [0.25, 0.3) is 86.9 Å². The van der Waals surface area contributed by atoms with Crippen LogP contribution in [0.5, 0.6) is 0 Å². The summed E-state index contributed by atoms with van der Waals surface area (Å²) in [5, 5.41) is 15.5. The summed E-state index contributed by atoms with van der Waals surface area (Å²) >= 11 is 0. The maximum atomic E-state index is 2.33. The van der Waals surface area contributed by atoms with Gasteiger partial charge in [0.05, 0.1) is 0 Å². The predicted molar refractivity (Wildman–Crippen MR) is 383 cm³/mol. The highest BCUT2D eigenvalue weighted by molar-refractivity contribution is 6.34. The van der Waals surface area contributed by atoms with Gasteiger partial charge < -0.3 is 19.6 Å². The maximum absolute atomic E-state index is 2.33. The number of fused-ring (bicyclic) bond motifs is 4. The SMILES string of the molecule is CN(c1ccc(-c2ccc(N(c3ccccc3)c3ccc4ccccc4c3)cc2)cc1)c1ccc2c3cccc4cccc(c5cccc1c52)c43.Cc1ccc(N(C)c2ccc(-c3ccc(N(c4ccccc4)c4ccc5ccccc5c4)cc3)cc2)cc1. The van der Waals surface area contributed by atoms with Crippen LogP contribution in [-0.2, 0) is 0 Å². The Balaban J connectivity index is 0.000000156. The Bertz CT molecular complexity index is 5090. The molecule has 16 aromatic rings. The van der Waals surface area contributed by atoms with E-state index < -0.39 is 0 Å². The number of nitrogens with zero attached hydrogens (tertiary/aromatic N) is 4. The highest BCUT2D eigenvalue weighted by Crippen LogP contribution is 2.45. The van der Waals surface area contributed by atoms with Gasteiger partial charge in [0.2, 0.25) is 0 Å². The summed E-state index contributed by atoms with van der Waals surface area (Å²) in [5.41, 5.74) is 17.6. The van der Waals surface area contributed by atoms with Crippen LogP contribution in [0.15, 0.2) is 334 Å². The molecule has 0 amide bonds. The minimum Gasteiger partial charge on any atom is -0.345 e. The van der Waals surface area contributed by atoms with E-state index >= 15 is 0 Å². The standard InChI is InChI=1S/C49H34N2.C36H30N2/c1-50(47-31-30-45-43-17-8-13-36-12-7-16-42(48(36)43)44-18-9-19-46(47)49(44)45)38-25-20-34(21-26-38)35-22-27-40(28-23-35)51(39-14-3-2-4-15-39)41-29-24-33-10-5-6-11-37(33)32-41;1-27-12-19-32(20-13-27)37(2)33-21-14-29(15-22-33)30-16-23-35(24-17-30)38(34-10-4-3-5-11-34)36-25-18-28-8-6-7-9-31(28)26-36/h2-32H,1H3;3-26H,1-2H3. The third kappa shape index (κ3) is 10.5. The van der Waals surface area contributed by atoms with Gasteiger partial charge in [-0.3, -0.25) is 0 Å². The summed E-state index contributed by atoms with van der Waals surface area (Å²) in [6.07, 6.45) is 0. The lowest BCUT2D eigenvalue weighted by molar-refractivity contribution is 1.20. The van der Waals surface area contributed by atoms with Crippen molar-refractivity contribution >= 4 is 122 Å². The van der Waals surface area contributed by atoms with Crippen molar-refractivity contribution in [2.45, 2.75) is 6.92 Å². The average Bonchev–Trinajstić information content (AvgIpc) is 0.774. The van der Waals surface area contributed by atoms with Gasteiger partial charge in [-0.05, 0) is 204 Å². The molecule has 0 unspecified atom stereocenters. The number of hydrogen-bond acceptors (Lipinski definition) is 4. The molecule has 4 heteroatoms. The molecular formula is C85H64N4. The van der Waals surface area contributed by atoms with Crippen LogP contribution >= 0.6 is 0 Å². The number of aryl methyl sites for hydroxylation is 1. The van der Waals surface area contributed by atoms with Crippen LogP contribution in [-0.4, -0.2) is 14.1 Å². The highest BCUT2D eigenvalue weighted by atomic mass is 15.1. The first-order chi connectivity index (χ1) is 43.9. The van der Waals surface area contributed by atoms with Crippen LogP contribution in [0.1, 0.15) is 5.56 Å². The zero-order valence-corrected chi connectivity index (χ0v) is 50.0. The van der Waals surface area contributed by atoms with E-state index in [1.165, 1.54) is 110 Å². The highest BCUT2D eigenvalue weighted by Gasteiger charge is 2.19. The minimum absolute atomic E-state index is 1.12. The number of rotatable bonds is 12. The molecule has 89 heavy (non-hydrogen) atoms. The van der Waals surface area contributed by atoms with Gasteiger partial charge >= 0.3 is 0 Å². The zero-order chi connectivity index (χ0) is 59.8. The Morgan fingerprint density at radius 1 is 0.202 bits per heavy atom. The van der Waals surface area contributed by atoms with Gasteiger partial charge in [-0.2, -0.15) is 0 Å². The third-order valence-corrected chi connectivity index (χ3v) is 17.7. The van der Waals surface area contributed by atoms with E-state index in [2.05, 4.69) is 374 Å². The second kappa shape index (κ2) is 23.4. The largest absolute Gasteiger partial charge is 0.345 e. The van der Waals surface area contributed by atoms with Crippen molar-refractivity contribution in [3.8, 4) is 22.3 Å². The van der Waals surface area contributed by atoms with Gasteiger partial charge in [0, 0.05) is 76.4 Å². The van der Waals surface area contributed by atoms with Crippen LogP contribution in [0.2, 0.25) is 0 Å². The first kappa shape index (κ1) is 54.2. The molecular weight excluding hydrogens is 1080 g/mol. The molecule has 4 nitrogen and oxygen atoms in total. The molecule has 0 aliphatic heterocycles. The van der Waals surface area contributed by atoms with Crippen molar-refractivity contribution in [1.82, 2.24) is 0 Å². The molecule has 16 aromatic carbocycles. The van der Waals surface area contributed by atoms with Crippen molar-refractivity contribution in [3.05, 3.63) is 339 Å². The van der Waals surface area contributed by atoms with E-state index in [1.54, 1.807) is 0 Å². The first-order valence-corrected chi connectivity index (χ1v) is 30.6. The quantitative estimate of drug-likeness (QED) is 0.0893. The molecule has 16 rings (SSSR count). The lowest BCUT2D eigenvalue weighted by Gasteiger charge is -2.26. The molecule has 0 aromatic heterocycles. The molecule has 0 aliphatic rings. The molecule has 0 bridgehead atoms. The van der Waals surface area contributed by atoms with Crippen LogP contribution < -0.4 is 19.6 Å². The molecule has 0 spiro atoms. The molecule has 0 saturated heterocycles. The topological polar surface area (TPSA) is 13.0 Å². The summed E-state index contributed by atoms with van der Waals surface area (Å²) in [5.74, 6) is 0. The fraction of sp³-hybridized carbons (Fsp3) is 0.0353. The monoisotopic (exact) mass is 1140 g/mol. The number of benzene rings is 16. The summed E-state index contributed by atoms with van der Waals surface area (Å²) in [7, 11) is 4.29. The van der Waals surface area contributed by atoms with Gasteiger partial charge in [-0.25, -0.2) is 0 Å². The van der Waals surface area contributed by atoms with Gasteiger partial charge in [0.15, 0.2) is 0 Å². The van der Waals surface area contributed by atoms with E-state index in [0.717, 1.165) is 39.8 Å². The van der Waals surface area contributed by atoms with Crippen molar-refractivity contribution < 1.29 is 0 Å². The molecule has 0 N–H and O–H groups in total. The number of para-hydroxylation sites is 2. The number of anilines is 10. The predicted octanol–water partition coefficient (Wildman–Crippen LogP) is 23.8. The maximum Gasteiger partial charge on any atom is 0.0488 e. The second-order valence-electron chi connectivity index (χ2n) is 23.1. The molecule has 0 heterocycles. The minimum atomic E-state index is 1.12. The Labute approximate surface area is 520 Å². The summed E-state index contributed by atoms with van der Waals surface area (Å²) in [6.45, 7) is 2.12. The second-order valence-corrected chi connectivity index (χ2v) is 23.1. The Morgan fingerprint density at radius 2 is 0.528 bits per heavy atom. The van der Waals surface area contributed by atoms with Crippen molar-refractivity contribution in [1.29, 1.82) is 0 Å². The fourth-order valence-corrected chi connectivity index (χ4v) is 13.0. The Hall–Kier alpha value is -11.5. The van der Waals surface area contributed by atoms with Crippen LogP contribution in [0, 0.1) is 6.92 Å². The van der Waals surface area contributed by atoms with Crippen LogP contribution in [0.3, 0.4) is 0 Å². The molecule has 424 valence electrons. The van der Waals surface area contributed by atoms with Crippen LogP contribution in [0.4, 0.5) is 56.9 Å². The first-order valence-electron chi connectivity index (χ1n) is 30.6. The molecule has 0 aliphatic carbocycles. The lowest BCUT2D eigenvalue weighted by atomic mass is 9.89. The summed E-state index contributed by atoms with van der Waals surface area (Å²) < 4.78 is 0. The van der Waals surface area contributed by atoms with Crippen molar-refractivity contribution in [2.75, 3.05) is 33.7 Å². The van der Waals surface area contributed by atoms with Gasteiger partial charge in [0.1, 0.15) is 0 Å². The lowest BCUT2D eigenvalue weighted by Crippen LogP contribution is -2.10. The third-order valence-electron chi connectivity index (χ3n) is 17.7. The van der Waals surface area contributed by atoms with E-state index in [1.807, 2.05) is 0 Å². The average molecular weight is 1140 g/mol. The van der Waals surface area contributed by atoms with E-state index in [4.69, 9.17) is 0 Å². The normalized spacial score (nSPS) is 11.3.